The van der Waals surface area contributed by atoms with Gasteiger partial charge in [0.05, 0.1) is 26.4 Å². The van der Waals surface area contributed by atoms with E-state index in [2.05, 4.69) is 55.4 Å². The predicted molar refractivity (Wildman–Crippen MR) is 354 cm³/mol. The van der Waals surface area contributed by atoms with Crippen molar-refractivity contribution in [1.82, 2.24) is 0 Å². The first-order valence-corrected chi connectivity index (χ1v) is 38.7. The van der Waals surface area contributed by atoms with Crippen LogP contribution >= 0.6 is 15.6 Å². The SMILES string of the molecule is CCC(C)CCCCCCCCC(=O)OC[C@H](COP(=O)(O)OC[C@H](O)COP(=O)(O)OC[C@@H](COC(=O)CCCCCCCCC(C)C)OC(=O)CCCCCCCCCCCCCCCCCC(C)C)OC(=O)CCCCCCCCCCC(C)C. The number of hydrogen-bond donors (Lipinski definition) is 3. The molecule has 19 heteroatoms. The van der Waals surface area contributed by atoms with Gasteiger partial charge in [0.15, 0.2) is 12.2 Å². The van der Waals surface area contributed by atoms with E-state index in [-0.39, 0.29) is 25.7 Å². The minimum Gasteiger partial charge on any atom is -0.462 e. The first-order valence-electron chi connectivity index (χ1n) is 35.7. The van der Waals surface area contributed by atoms with E-state index in [0.29, 0.717) is 31.6 Å². The zero-order chi connectivity index (χ0) is 65.4. The smallest absolute Gasteiger partial charge is 0.462 e. The van der Waals surface area contributed by atoms with Crippen molar-refractivity contribution in [2.75, 3.05) is 39.6 Å². The van der Waals surface area contributed by atoms with Gasteiger partial charge in [-0.25, -0.2) is 9.13 Å². The maximum absolute atomic E-state index is 13.0. The maximum Gasteiger partial charge on any atom is 0.472 e. The Kier molecular flexibility index (Phi) is 57.6. The molecule has 0 fully saturated rings. The van der Waals surface area contributed by atoms with Gasteiger partial charge in [-0.05, 0) is 49.4 Å². The first kappa shape index (κ1) is 86.1. The topological polar surface area (TPSA) is 237 Å². The lowest BCUT2D eigenvalue weighted by molar-refractivity contribution is -0.161. The van der Waals surface area contributed by atoms with Crippen molar-refractivity contribution < 1.29 is 80.2 Å². The molecule has 0 bridgehead atoms. The van der Waals surface area contributed by atoms with Crippen LogP contribution in [0.25, 0.3) is 0 Å². The molecule has 3 N–H and O–H groups in total. The van der Waals surface area contributed by atoms with Crippen LogP contribution in [0.1, 0.15) is 338 Å². The Bertz CT molecular complexity index is 1750. The standard InChI is InChI=1S/C69H134O17P2/c1-9-62(8)48-40-32-26-28-34-42-50-67(72)80-56-65(86-69(74)52-44-36-24-20-19-22-30-38-46-60(4)5)58-84-88(77,78)82-54-63(70)53-81-87(75,76)83-57-64(55-79-66(71)49-41-33-27-25-31-39-47-61(6)7)85-68(73)51-43-35-23-18-16-14-12-10-11-13-15-17-21-29-37-45-59(2)3/h59-65,70H,9-58H2,1-8H3,(H,75,76)(H,77,78)/t62?,63-,64-,65-/m1/s1. The Morgan fingerprint density at radius 3 is 0.807 bits per heavy atom. The van der Waals surface area contributed by atoms with Gasteiger partial charge in [0, 0.05) is 25.7 Å². The molecule has 0 saturated carbocycles. The zero-order valence-corrected chi connectivity index (χ0v) is 59.1. The fourth-order valence-electron chi connectivity index (χ4n) is 10.3. The van der Waals surface area contributed by atoms with Gasteiger partial charge in [0.2, 0.25) is 0 Å². The Morgan fingerprint density at radius 2 is 0.545 bits per heavy atom. The van der Waals surface area contributed by atoms with Gasteiger partial charge in [0.1, 0.15) is 19.3 Å². The van der Waals surface area contributed by atoms with Gasteiger partial charge in [0.25, 0.3) is 0 Å². The van der Waals surface area contributed by atoms with E-state index >= 15 is 0 Å². The number of unbranched alkanes of at least 4 members (excludes halogenated alkanes) is 31. The van der Waals surface area contributed by atoms with Crippen LogP contribution in [0, 0.1) is 23.7 Å². The van der Waals surface area contributed by atoms with Crippen LogP contribution in [0.2, 0.25) is 0 Å². The molecule has 0 saturated heterocycles. The van der Waals surface area contributed by atoms with Gasteiger partial charge >= 0.3 is 39.5 Å². The quantitative estimate of drug-likeness (QED) is 0.0222. The Hall–Kier alpha value is -1.94. The van der Waals surface area contributed by atoms with Crippen molar-refractivity contribution in [2.45, 2.75) is 356 Å². The van der Waals surface area contributed by atoms with Gasteiger partial charge in [-0.3, -0.25) is 37.3 Å². The number of carbonyl (C=O) groups excluding carboxylic acids is 4. The van der Waals surface area contributed by atoms with Crippen LogP contribution in [0.3, 0.4) is 0 Å². The van der Waals surface area contributed by atoms with E-state index in [1.807, 2.05) is 0 Å². The monoisotopic (exact) mass is 1300 g/mol. The minimum absolute atomic E-state index is 0.103. The summed E-state index contributed by atoms with van der Waals surface area (Å²) in [7, 11) is -9.90. The third kappa shape index (κ3) is 61.6. The molecule has 0 aromatic rings. The summed E-state index contributed by atoms with van der Waals surface area (Å²) in [5.74, 6) is 0.796. The van der Waals surface area contributed by atoms with E-state index < -0.39 is 97.5 Å². The van der Waals surface area contributed by atoms with E-state index in [1.54, 1.807) is 0 Å². The van der Waals surface area contributed by atoms with Gasteiger partial charge in [-0.15, -0.1) is 0 Å². The van der Waals surface area contributed by atoms with Crippen molar-refractivity contribution in [2.24, 2.45) is 23.7 Å². The average molecular weight is 1300 g/mol. The molecule has 0 aliphatic carbocycles. The second kappa shape index (κ2) is 58.8. The number of rotatable bonds is 66. The summed E-state index contributed by atoms with van der Waals surface area (Å²) in [5, 5.41) is 10.6. The highest BCUT2D eigenvalue weighted by atomic mass is 31.2. The Morgan fingerprint density at radius 1 is 0.318 bits per heavy atom. The number of hydrogen-bond acceptors (Lipinski definition) is 15. The number of phosphoric ester groups is 2. The molecule has 0 aliphatic rings. The molecule has 0 spiro atoms. The van der Waals surface area contributed by atoms with Crippen molar-refractivity contribution in [3.63, 3.8) is 0 Å². The highest BCUT2D eigenvalue weighted by Crippen LogP contribution is 2.45. The summed E-state index contributed by atoms with van der Waals surface area (Å²) < 4.78 is 68.2. The van der Waals surface area contributed by atoms with E-state index in [9.17, 15) is 43.2 Å². The normalized spacial score (nSPS) is 14.6. The summed E-state index contributed by atoms with van der Waals surface area (Å²) in [6.07, 6.45) is 40.6. The molecule has 0 radical (unpaired) electrons. The molecule has 0 aromatic carbocycles. The minimum atomic E-state index is -4.95. The number of esters is 4. The third-order valence-corrected chi connectivity index (χ3v) is 18.1. The van der Waals surface area contributed by atoms with Crippen molar-refractivity contribution in [1.29, 1.82) is 0 Å². The van der Waals surface area contributed by atoms with Crippen molar-refractivity contribution >= 4 is 39.5 Å². The third-order valence-electron chi connectivity index (χ3n) is 16.2. The number of aliphatic hydroxyl groups excluding tert-OH is 1. The lowest BCUT2D eigenvalue weighted by Crippen LogP contribution is -2.30. The fourth-order valence-corrected chi connectivity index (χ4v) is 11.9. The highest BCUT2D eigenvalue weighted by molar-refractivity contribution is 7.47. The summed E-state index contributed by atoms with van der Waals surface area (Å²) >= 11 is 0. The van der Waals surface area contributed by atoms with Gasteiger partial charge < -0.3 is 33.8 Å². The largest absolute Gasteiger partial charge is 0.472 e. The first-order chi connectivity index (χ1) is 42.1. The van der Waals surface area contributed by atoms with E-state index in [4.69, 9.17) is 37.0 Å². The Labute approximate surface area is 537 Å². The number of carbonyl (C=O) groups is 4. The van der Waals surface area contributed by atoms with Crippen LogP contribution in [-0.4, -0.2) is 96.7 Å². The maximum atomic E-state index is 13.0. The van der Waals surface area contributed by atoms with E-state index in [0.717, 1.165) is 120 Å². The van der Waals surface area contributed by atoms with Gasteiger partial charge in [-0.2, -0.15) is 0 Å². The number of aliphatic hydroxyl groups is 1. The molecular weight excluding hydrogens is 1160 g/mol. The van der Waals surface area contributed by atoms with Gasteiger partial charge in [-0.1, -0.05) is 287 Å². The average Bonchev–Trinajstić information content (AvgIpc) is 3.49. The van der Waals surface area contributed by atoms with Crippen LogP contribution in [0.5, 0.6) is 0 Å². The molecule has 522 valence electrons. The lowest BCUT2D eigenvalue weighted by Gasteiger charge is -2.21. The summed E-state index contributed by atoms with van der Waals surface area (Å²) in [6, 6.07) is 0. The van der Waals surface area contributed by atoms with Crippen molar-refractivity contribution in [3.05, 3.63) is 0 Å². The molecule has 0 aliphatic heterocycles. The summed E-state index contributed by atoms with van der Waals surface area (Å²) in [4.78, 5) is 72.4. The highest BCUT2D eigenvalue weighted by Gasteiger charge is 2.30. The second-order valence-electron chi connectivity index (χ2n) is 26.6. The summed E-state index contributed by atoms with van der Waals surface area (Å²) in [5.41, 5.74) is 0. The number of phosphoric acid groups is 2. The zero-order valence-electron chi connectivity index (χ0n) is 57.3. The van der Waals surface area contributed by atoms with E-state index in [1.165, 1.54) is 128 Å². The fraction of sp³-hybridized carbons (Fsp3) is 0.942. The molecule has 0 heterocycles. The molecule has 6 atom stereocenters. The number of ether oxygens (including phenoxy) is 4. The molecule has 0 rings (SSSR count). The lowest BCUT2D eigenvalue weighted by atomic mass is 10.00. The molecule has 0 amide bonds. The predicted octanol–water partition coefficient (Wildman–Crippen LogP) is 19.3. The van der Waals surface area contributed by atoms with Crippen LogP contribution in [-0.2, 0) is 65.4 Å². The summed E-state index contributed by atoms with van der Waals surface area (Å²) in [6.45, 7) is 14.0. The van der Waals surface area contributed by atoms with Crippen LogP contribution in [0.4, 0.5) is 0 Å². The van der Waals surface area contributed by atoms with Crippen LogP contribution in [0.15, 0.2) is 0 Å². The molecule has 3 unspecified atom stereocenters. The molecule has 88 heavy (non-hydrogen) atoms. The van der Waals surface area contributed by atoms with Crippen molar-refractivity contribution in [3.8, 4) is 0 Å². The Balaban J connectivity index is 5.20. The molecular formula is C69H134O17P2. The second-order valence-corrected chi connectivity index (χ2v) is 29.5. The molecule has 0 aromatic heterocycles. The molecule has 17 nitrogen and oxygen atoms in total. The van der Waals surface area contributed by atoms with Crippen LogP contribution < -0.4 is 0 Å².